The second kappa shape index (κ2) is 16.4. The fourth-order valence-corrected chi connectivity index (χ4v) is 3.35. The number of nitrogens with one attached hydrogen (secondary N) is 1. The molecule has 11 N–H and O–H groups in total. The summed E-state index contributed by atoms with van der Waals surface area (Å²) >= 11 is 6.20. The van der Waals surface area contributed by atoms with Gasteiger partial charge in [-0.1, -0.05) is 54.6 Å². The fourth-order valence-electron chi connectivity index (χ4n) is 2.71. The highest BCUT2D eigenvalue weighted by molar-refractivity contribution is 8.03. The molecule has 15 heteroatoms. The molecule has 39 heavy (non-hydrogen) atoms. The SMILES string of the molecule is N#CSc1ccccc1.NN=C(N)N.Nc1n[nH]c(=S)n1-c1ccccc1.Nc1nncn1-c1ccccc1. The number of anilines is 2. The quantitative estimate of drug-likeness (QED) is 0.0356. The maximum absolute atomic E-state index is 8.23. The molecule has 0 aliphatic heterocycles. The number of nitrogens with zero attached hydrogens (tertiary/aromatic N) is 7. The fraction of sp³-hybridized carbons (Fsp3) is 0. The normalized spacial score (nSPS) is 9.21. The molecular formula is C24H27N13S2. The van der Waals surface area contributed by atoms with Gasteiger partial charge in [-0.05, 0) is 60.4 Å². The average Bonchev–Trinajstić information content (AvgIpc) is 3.55. The lowest BCUT2D eigenvalue weighted by Gasteiger charge is -2.01. The van der Waals surface area contributed by atoms with Gasteiger partial charge in [0.1, 0.15) is 11.7 Å². The number of H-pyrrole nitrogens is 1. The monoisotopic (exact) mass is 561 g/mol. The molecule has 200 valence electrons. The summed E-state index contributed by atoms with van der Waals surface area (Å²) in [6.07, 6.45) is 1.59. The van der Waals surface area contributed by atoms with Gasteiger partial charge >= 0.3 is 0 Å². The zero-order valence-electron chi connectivity index (χ0n) is 20.6. The number of thioether (sulfide) groups is 1. The van der Waals surface area contributed by atoms with Gasteiger partial charge < -0.3 is 28.8 Å². The van der Waals surface area contributed by atoms with E-state index in [-0.39, 0.29) is 5.96 Å². The number of nitrogens with two attached hydrogens (primary N) is 5. The molecule has 0 saturated heterocycles. The summed E-state index contributed by atoms with van der Waals surface area (Å²) in [6.45, 7) is 0. The van der Waals surface area contributed by atoms with Crippen molar-refractivity contribution in [3.8, 4) is 16.8 Å². The van der Waals surface area contributed by atoms with Gasteiger partial charge in [0.2, 0.25) is 22.6 Å². The third kappa shape index (κ3) is 10.3. The topological polar surface area (TPSA) is 231 Å². The summed E-state index contributed by atoms with van der Waals surface area (Å²) in [4.78, 5) is 1.00. The average molecular weight is 562 g/mol. The Morgan fingerprint density at radius 2 is 1.38 bits per heavy atom. The van der Waals surface area contributed by atoms with E-state index in [9.17, 15) is 0 Å². The van der Waals surface area contributed by atoms with E-state index in [1.165, 1.54) is 11.8 Å². The first kappa shape index (κ1) is 29.9. The maximum Gasteiger partial charge on any atom is 0.226 e. The molecular weight excluding hydrogens is 534 g/mol. The van der Waals surface area contributed by atoms with Crippen LogP contribution >= 0.6 is 24.0 Å². The first-order valence-corrected chi connectivity index (χ1v) is 12.2. The number of hydrazone groups is 1. The third-order valence-corrected chi connectivity index (χ3v) is 5.25. The highest BCUT2D eigenvalue weighted by Crippen LogP contribution is 2.14. The number of hydrogen-bond donors (Lipinski definition) is 6. The first-order chi connectivity index (χ1) is 18.9. The Hall–Kier alpha value is -5.33. The summed E-state index contributed by atoms with van der Waals surface area (Å²) < 4.78 is 3.90. The van der Waals surface area contributed by atoms with Crippen LogP contribution < -0.4 is 28.8 Å². The van der Waals surface area contributed by atoms with Gasteiger partial charge in [-0.2, -0.15) is 5.26 Å². The minimum absolute atomic E-state index is 0.0926. The van der Waals surface area contributed by atoms with Gasteiger partial charge in [0.05, 0.1) is 11.4 Å². The third-order valence-electron chi connectivity index (χ3n) is 4.38. The van der Waals surface area contributed by atoms with Crippen LogP contribution in [-0.4, -0.2) is 35.5 Å². The Bertz CT molecular complexity index is 1500. The van der Waals surface area contributed by atoms with E-state index >= 15 is 0 Å². The van der Waals surface area contributed by atoms with Crippen LogP contribution in [0, 0.1) is 15.4 Å². The molecule has 0 aliphatic rings. The molecule has 2 heterocycles. The van der Waals surface area contributed by atoms with Crippen molar-refractivity contribution in [2.75, 3.05) is 11.5 Å². The smallest absolute Gasteiger partial charge is 0.226 e. The van der Waals surface area contributed by atoms with Gasteiger partial charge in [0, 0.05) is 4.90 Å². The number of nitrogen functional groups attached to an aromatic ring is 2. The lowest BCUT2D eigenvalue weighted by Crippen LogP contribution is -2.23. The number of aromatic nitrogens is 6. The molecule has 0 amide bonds. The Kier molecular flexibility index (Phi) is 12.6. The summed E-state index contributed by atoms with van der Waals surface area (Å²) in [7, 11) is 0. The van der Waals surface area contributed by atoms with E-state index in [4.69, 9.17) is 40.4 Å². The molecule has 5 aromatic rings. The van der Waals surface area contributed by atoms with Crippen LogP contribution in [0.5, 0.6) is 0 Å². The number of thiocyanates is 1. The standard InChI is InChI=1S/C8H8N4S.C8H8N4.C7H5NS.CH6N4/c9-7-10-11-8(13)12(7)6-4-2-1-3-5-6;9-8-11-10-6-12(8)7-4-2-1-3-5-7;8-6-9-7-4-2-1-3-5-7;2-1(3)5-4/h1-5H,(H2,9,10)(H,11,13);1-6H,(H2,9,11);1-5H;4H2,(H4,2,3,5). The number of benzene rings is 3. The zero-order valence-corrected chi connectivity index (χ0v) is 22.2. The van der Waals surface area contributed by atoms with E-state index in [0.717, 1.165) is 16.3 Å². The number of rotatable bonds is 3. The number of aromatic amines is 1. The van der Waals surface area contributed by atoms with E-state index in [2.05, 4.69) is 31.3 Å². The van der Waals surface area contributed by atoms with Crippen LogP contribution in [0.2, 0.25) is 0 Å². The highest BCUT2D eigenvalue weighted by atomic mass is 32.2. The predicted molar refractivity (Wildman–Crippen MR) is 157 cm³/mol. The molecule has 0 spiro atoms. The molecule has 2 aromatic heterocycles. The lowest BCUT2D eigenvalue weighted by molar-refractivity contribution is 1.04. The molecule has 0 fully saturated rings. The van der Waals surface area contributed by atoms with Crippen LogP contribution in [0.25, 0.3) is 11.4 Å². The second-order valence-corrected chi connectivity index (χ2v) is 8.26. The van der Waals surface area contributed by atoms with Crippen molar-refractivity contribution in [1.82, 2.24) is 29.5 Å². The number of guanidine groups is 1. The molecule has 0 aliphatic carbocycles. The molecule has 0 radical (unpaired) electrons. The lowest BCUT2D eigenvalue weighted by atomic mass is 10.3. The summed E-state index contributed by atoms with van der Waals surface area (Å²) in [5.74, 6) is 5.19. The number of nitriles is 1. The summed E-state index contributed by atoms with van der Waals surface area (Å²) in [6, 6.07) is 28.9. The van der Waals surface area contributed by atoms with Crippen LogP contribution in [0.3, 0.4) is 0 Å². The Balaban J connectivity index is 0.000000192. The second-order valence-electron chi connectivity index (χ2n) is 7.01. The molecule has 0 bridgehead atoms. The van der Waals surface area contributed by atoms with Crippen molar-refractivity contribution >= 4 is 41.8 Å². The van der Waals surface area contributed by atoms with Gasteiger partial charge in [-0.25, -0.2) is 5.10 Å². The van der Waals surface area contributed by atoms with Gasteiger partial charge in [-0.15, -0.1) is 20.4 Å². The van der Waals surface area contributed by atoms with E-state index < -0.39 is 0 Å². The molecule has 0 saturated carbocycles. The van der Waals surface area contributed by atoms with Crippen molar-refractivity contribution in [3.63, 3.8) is 0 Å². The number of para-hydroxylation sites is 2. The molecule has 3 aromatic carbocycles. The van der Waals surface area contributed by atoms with Crippen molar-refractivity contribution in [3.05, 3.63) is 102 Å². The molecule has 0 atom stereocenters. The Morgan fingerprint density at radius 1 is 0.872 bits per heavy atom. The Morgan fingerprint density at radius 3 is 1.79 bits per heavy atom. The Labute approximate surface area is 234 Å². The maximum atomic E-state index is 8.23. The first-order valence-electron chi connectivity index (χ1n) is 11.0. The van der Waals surface area contributed by atoms with E-state index in [1.807, 2.05) is 96.4 Å². The number of hydrogen-bond acceptors (Lipinski definition) is 10. The van der Waals surface area contributed by atoms with Gasteiger partial charge in [-0.3, -0.25) is 9.13 Å². The van der Waals surface area contributed by atoms with E-state index in [1.54, 1.807) is 15.5 Å². The van der Waals surface area contributed by atoms with Gasteiger partial charge in [0.25, 0.3) is 0 Å². The van der Waals surface area contributed by atoms with Crippen LogP contribution in [-0.2, 0) is 0 Å². The molecule has 0 unspecified atom stereocenters. The zero-order chi connectivity index (χ0) is 28.5. The van der Waals surface area contributed by atoms with Crippen molar-refractivity contribution in [1.29, 1.82) is 5.26 Å². The molecule has 13 nitrogen and oxygen atoms in total. The minimum Gasteiger partial charge on any atom is -0.369 e. The van der Waals surface area contributed by atoms with Crippen LogP contribution in [0.4, 0.5) is 11.9 Å². The van der Waals surface area contributed by atoms with Crippen molar-refractivity contribution < 1.29 is 0 Å². The largest absolute Gasteiger partial charge is 0.369 e. The van der Waals surface area contributed by atoms with Crippen LogP contribution in [0.1, 0.15) is 0 Å². The molecule has 5 rings (SSSR count). The highest BCUT2D eigenvalue weighted by Gasteiger charge is 2.02. The van der Waals surface area contributed by atoms with Gasteiger partial charge in [0.15, 0.2) is 0 Å². The summed E-state index contributed by atoms with van der Waals surface area (Å²) in [5.41, 5.74) is 22.5. The van der Waals surface area contributed by atoms with Crippen molar-refractivity contribution in [2.24, 2.45) is 22.4 Å². The van der Waals surface area contributed by atoms with Crippen LogP contribution in [0.15, 0.2) is 107 Å². The predicted octanol–water partition coefficient (Wildman–Crippen LogP) is 2.75. The summed E-state index contributed by atoms with van der Waals surface area (Å²) in [5, 5.41) is 26.9. The minimum atomic E-state index is -0.0926. The van der Waals surface area contributed by atoms with E-state index in [0.29, 0.717) is 16.7 Å². The van der Waals surface area contributed by atoms with Crippen molar-refractivity contribution in [2.45, 2.75) is 4.90 Å².